The van der Waals surface area contributed by atoms with Gasteiger partial charge in [0.05, 0.1) is 23.2 Å². The maximum atomic E-state index is 13.1. The average molecular weight is 456 g/mol. The molecule has 3 rings (SSSR count). The van der Waals surface area contributed by atoms with Crippen LogP contribution in [-0.4, -0.2) is 22.0 Å². The molecule has 0 radical (unpaired) electrons. The first-order chi connectivity index (χ1) is 13.7. The third kappa shape index (κ3) is 4.93. The number of aromatic nitrogens is 2. The van der Waals surface area contributed by atoms with Crippen LogP contribution in [0.5, 0.6) is 5.75 Å². The SMILES string of the molecule is CC[C@@H](C)Oc1ccc(C=Nn2c(C(C)(C)C)nc3ccc(Br)cc3c2=O)cc1. The first-order valence-electron chi connectivity index (χ1n) is 9.73. The van der Waals surface area contributed by atoms with E-state index >= 15 is 0 Å². The fourth-order valence-corrected chi connectivity index (χ4v) is 3.17. The minimum Gasteiger partial charge on any atom is -0.491 e. The maximum Gasteiger partial charge on any atom is 0.282 e. The number of ether oxygens (including phenoxy) is 1. The van der Waals surface area contributed by atoms with Crippen molar-refractivity contribution in [3.05, 3.63) is 68.7 Å². The zero-order valence-corrected chi connectivity index (χ0v) is 19.0. The zero-order chi connectivity index (χ0) is 21.2. The second-order valence-corrected chi connectivity index (χ2v) is 9.03. The molecule has 1 aromatic heterocycles. The van der Waals surface area contributed by atoms with Crippen molar-refractivity contribution in [3.8, 4) is 5.75 Å². The minimum atomic E-state index is -0.342. The second kappa shape index (κ2) is 8.49. The fraction of sp³-hybridized carbons (Fsp3) is 0.348. The first-order valence-corrected chi connectivity index (χ1v) is 10.5. The van der Waals surface area contributed by atoms with E-state index in [0.717, 1.165) is 22.2 Å². The van der Waals surface area contributed by atoms with Crippen molar-refractivity contribution in [3.63, 3.8) is 0 Å². The largest absolute Gasteiger partial charge is 0.491 e. The van der Waals surface area contributed by atoms with Crippen LogP contribution in [0.4, 0.5) is 0 Å². The summed E-state index contributed by atoms with van der Waals surface area (Å²) >= 11 is 3.43. The van der Waals surface area contributed by atoms with Gasteiger partial charge in [0.25, 0.3) is 5.56 Å². The number of benzene rings is 2. The van der Waals surface area contributed by atoms with Gasteiger partial charge in [-0.3, -0.25) is 4.79 Å². The number of halogens is 1. The molecule has 152 valence electrons. The summed E-state index contributed by atoms with van der Waals surface area (Å²) in [6.45, 7) is 10.2. The molecule has 6 heteroatoms. The van der Waals surface area contributed by atoms with E-state index in [4.69, 9.17) is 9.72 Å². The molecular formula is C23H26BrN3O2. The lowest BCUT2D eigenvalue weighted by Gasteiger charge is -2.20. The summed E-state index contributed by atoms with van der Waals surface area (Å²) in [7, 11) is 0. The van der Waals surface area contributed by atoms with E-state index in [9.17, 15) is 4.79 Å². The van der Waals surface area contributed by atoms with Gasteiger partial charge in [-0.2, -0.15) is 9.78 Å². The van der Waals surface area contributed by atoms with Crippen LogP contribution < -0.4 is 10.3 Å². The highest BCUT2D eigenvalue weighted by molar-refractivity contribution is 9.10. The summed E-state index contributed by atoms with van der Waals surface area (Å²) in [5.41, 5.74) is 1.02. The van der Waals surface area contributed by atoms with Gasteiger partial charge in [0.15, 0.2) is 0 Å². The molecule has 0 aliphatic rings. The van der Waals surface area contributed by atoms with Crippen LogP contribution in [0.3, 0.4) is 0 Å². The molecule has 0 aliphatic carbocycles. The highest BCUT2D eigenvalue weighted by atomic mass is 79.9. The summed E-state index contributed by atoms with van der Waals surface area (Å²) in [5.74, 6) is 1.44. The van der Waals surface area contributed by atoms with Crippen LogP contribution in [0.25, 0.3) is 10.9 Å². The van der Waals surface area contributed by atoms with Crippen molar-refractivity contribution in [2.45, 2.75) is 52.6 Å². The highest BCUT2D eigenvalue weighted by Gasteiger charge is 2.22. The fourth-order valence-electron chi connectivity index (χ4n) is 2.81. The Morgan fingerprint density at radius 2 is 1.90 bits per heavy atom. The van der Waals surface area contributed by atoms with E-state index in [2.05, 4.69) is 28.0 Å². The third-order valence-corrected chi connectivity index (χ3v) is 5.09. The van der Waals surface area contributed by atoms with Crippen molar-refractivity contribution in [2.75, 3.05) is 0 Å². The molecule has 2 aromatic carbocycles. The van der Waals surface area contributed by atoms with E-state index in [1.807, 2.05) is 64.1 Å². The summed E-state index contributed by atoms with van der Waals surface area (Å²) in [6, 6.07) is 13.2. The summed E-state index contributed by atoms with van der Waals surface area (Å²) in [5, 5.41) is 5.02. The number of hydrogen-bond donors (Lipinski definition) is 0. The summed E-state index contributed by atoms with van der Waals surface area (Å²) in [4.78, 5) is 17.9. The molecule has 0 aliphatic heterocycles. The molecule has 1 heterocycles. The van der Waals surface area contributed by atoms with Crippen LogP contribution in [0.2, 0.25) is 0 Å². The van der Waals surface area contributed by atoms with Crippen molar-refractivity contribution in [2.24, 2.45) is 5.10 Å². The summed E-state index contributed by atoms with van der Waals surface area (Å²) < 4.78 is 8.04. The normalized spacial score (nSPS) is 13.2. The quantitative estimate of drug-likeness (QED) is 0.476. The number of hydrogen-bond acceptors (Lipinski definition) is 4. The Morgan fingerprint density at radius 1 is 1.21 bits per heavy atom. The van der Waals surface area contributed by atoms with Gasteiger partial charge in [0.1, 0.15) is 11.6 Å². The second-order valence-electron chi connectivity index (χ2n) is 8.11. The minimum absolute atomic E-state index is 0.172. The van der Waals surface area contributed by atoms with E-state index in [0.29, 0.717) is 16.7 Å². The van der Waals surface area contributed by atoms with Gasteiger partial charge in [0.2, 0.25) is 0 Å². The van der Waals surface area contributed by atoms with Crippen molar-refractivity contribution < 1.29 is 4.74 Å². The van der Waals surface area contributed by atoms with Crippen LogP contribution in [0.15, 0.2) is 56.8 Å². The van der Waals surface area contributed by atoms with Gasteiger partial charge in [-0.1, -0.05) is 43.6 Å². The Labute approximate surface area is 179 Å². The van der Waals surface area contributed by atoms with Gasteiger partial charge in [-0.05, 0) is 61.4 Å². The van der Waals surface area contributed by atoms with Crippen molar-refractivity contribution in [1.82, 2.24) is 9.66 Å². The Hall–Kier alpha value is -2.47. The average Bonchev–Trinajstić information content (AvgIpc) is 2.67. The molecular weight excluding hydrogens is 430 g/mol. The third-order valence-electron chi connectivity index (χ3n) is 4.59. The van der Waals surface area contributed by atoms with Crippen LogP contribution >= 0.6 is 15.9 Å². The zero-order valence-electron chi connectivity index (χ0n) is 17.4. The first kappa shape index (κ1) is 21.2. The molecule has 29 heavy (non-hydrogen) atoms. The van der Waals surface area contributed by atoms with E-state index in [-0.39, 0.29) is 17.1 Å². The highest BCUT2D eigenvalue weighted by Crippen LogP contribution is 2.23. The van der Waals surface area contributed by atoms with E-state index < -0.39 is 0 Å². The van der Waals surface area contributed by atoms with Crippen LogP contribution in [-0.2, 0) is 5.41 Å². The topological polar surface area (TPSA) is 56.5 Å². The Balaban J connectivity index is 2.02. The number of rotatable bonds is 5. The molecule has 0 saturated heterocycles. The lowest BCUT2D eigenvalue weighted by molar-refractivity contribution is 0.217. The lowest BCUT2D eigenvalue weighted by atomic mass is 9.95. The molecule has 0 saturated carbocycles. The molecule has 0 bridgehead atoms. The van der Waals surface area contributed by atoms with Gasteiger partial charge in [0, 0.05) is 9.89 Å². The molecule has 3 aromatic rings. The monoisotopic (exact) mass is 455 g/mol. The molecule has 0 unspecified atom stereocenters. The summed E-state index contributed by atoms with van der Waals surface area (Å²) in [6.07, 6.45) is 2.80. The van der Waals surface area contributed by atoms with Crippen molar-refractivity contribution >= 4 is 33.0 Å². The van der Waals surface area contributed by atoms with Gasteiger partial charge in [-0.25, -0.2) is 4.98 Å². The molecule has 0 N–H and O–H groups in total. The standard InChI is InChI=1S/C23H26BrN3O2/c1-6-15(2)29-18-10-7-16(8-11-18)14-25-27-21(28)19-13-17(24)9-12-20(19)26-22(27)23(3,4)5/h7-15H,6H2,1-5H3/t15-/m1/s1. The molecule has 0 amide bonds. The number of nitrogens with zero attached hydrogens (tertiary/aromatic N) is 3. The number of fused-ring (bicyclic) bond motifs is 1. The van der Waals surface area contributed by atoms with Crippen molar-refractivity contribution in [1.29, 1.82) is 0 Å². The maximum absolute atomic E-state index is 13.1. The predicted octanol–water partition coefficient (Wildman–Crippen LogP) is 5.52. The molecule has 0 spiro atoms. The van der Waals surface area contributed by atoms with Crippen LogP contribution in [0.1, 0.15) is 52.4 Å². The van der Waals surface area contributed by atoms with Gasteiger partial charge in [-0.15, -0.1) is 0 Å². The molecule has 0 fully saturated rings. The molecule has 5 nitrogen and oxygen atoms in total. The molecule has 1 atom stereocenters. The van der Waals surface area contributed by atoms with E-state index in [1.165, 1.54) is 4.68 Å². The Bertz CT molecular complexity index is 1100. The van der Waals surface area contributed by atoms with E-state index in [1.54, 1.807) is 12.3 Å². The smallest absolute Gasteiger partial charge is 0.282 e. The Morgan fingerprint density at radius 3 is 2.52 bits per heavy atom. The van der Waals surface area contributed by atoms with Crippen LogP contribution in [0, 0.1) is 0 Å². The predicted molar refractivity (Wildman–Crippen MR) is 122 cm³/mol. The van der Waals surface area contributed by atoms with Gasteiger partial charge >= 0.3 is 0 Å². The van der Waals surface area contributed by atoms with Gasteiger partial charge < -0.3 is 4.74 Å². The lowest BCUT2D eigenvalue weighted by Crippen LogP contribution is -2.29. The Kier molecular flexibility index (Phi) is 6.22.